The van der Waals surface area contributed by atoms with Crippen LogP contribution in [0.4, 0.5) is 0 Å². The van der Waals surface area contributed by atoms with E-state index in [0.29, 0.717) is 4.90 Å². The number of hydrogen-bond acceptors (Lipinski definition) is 2. The molecular formula is C20H33NO2S. The molecule has 0 aromatic heterocycles. The van der Waals surface area contributed by atoms with Gasteiger partial charge >= 0.3 is 0 Å². The third kappa shape index (κ3) is 6.21. The predicted octanol–water partition coefficient (Wildman–Crippen LogP) is 5.26. The maximum atomic E-state index is 12.7. The molecule has 4 heteroatoms. The smallest absolute Gasteiger partial charge is 0.208 e. The van der Waals surface area contributed by atoms with Crippen LogP contribution in [0.15, 0.2) is 23.1 Å². The summed E-state index contributed by atoms with van der Waals surface area (Å²) in [5, 5.41) is 0. The van der Waals surface area contributed by atoms with Crippen molar-refractivity contribution >= 4 is 10.0 Å². The van der Waals surface area contributed by atoms with E-state index in [9.17, 15) is 8.42 Å². The summed E-state index contributed by atoms with van der Waals surface area (Å²) in [4.78, 5) is 0.400. The van der Waals surface area contributed by atoms with Gasteiger partial charge in [-0.05, 0) is 49.9 Å². The highest BCUT2D eigenvalue weighted by Crippen LogP contribution is 2.20. The second-order valence-corrected chi connectivity index (χ2v) is 9.04. The molecule has 1 N–H and O–H groups in total. The fourth-order valence-electron chi connectivity index (χ4n) is 3.45. The van der Waals surface area contributed by atoms with Gasteiger partial charge in [0.2, 0.25) is 10.0 Å². The second-order valence-electron chi connectivity index (χ2n) is 7.32. The minimum absolute atomic E-state index is 0.0797. The van der Waals surface area contributed by atoms with E-state index in [1.807, 2.05) is 19.9 Å². The van der Waals surface area contributed by atoms with Crippen molar-refractivity contribution in [2.75, 3.05) is 0 Å². The van der Waals surface area contributed by atoms with Crippen molar-refractivity contribution in [3.8, 4) is 0 Å². The van der Waals surface area contributed by atoms with Gasteiger partial charge in [0.25, 0.3) is 0 Å². The third-order valence-electron chi connectivity index (χ3n) is 5.22. The molecule has 1 saturated carbocycles. The predicted molar refractivity (Wildman–Crippen MR) is 101 cm³/mol. The number of sulfonamides is 1. The first-order valence-electron chi connectivity index (χ1n) is 9.58. The van der Waals surface area contributed by atoms with Crippen LogP contribution < -0.4 is 4.72 Å². The van der Waals surface area contributed by atoms with Crippen LogP contribution in [0.1, 0.15) is 81.8 Å². The summed E-state index contributed by atoms with van der Waals surface area (Å²) in [6, 6.07) is 5.48. The van der Waals surface area contributed by atoms with Crippen molar-refractivity contribution in [3.63, 3.8) is 0 Å². The van der Waals surface area contributed by atoms with Gasteiger partial charge in [-0.25, -0.2) is 13.1 Å². The Hall–Kier alpha value is -0.870. The van der Waals surface area contributed by atoms with Crippen LogP contribution in [0.25, 0.3) is 0 Å². The van der Waals surface area contributed by atoms with Crippen molar-refractivity contribution in [2.24, 2.45) is 0 Å². The molecular weight excluding hydrogens is 318 g/mol. The average Bonchev–Trinajstić information content (AvgIpc) is 2.52. The Balaban J connectivity index is 2.02. The van der Waals surface area contributed by atoms with Gasteiger partial charge in [0.05, 0.1) is 4.90 Å². The fraction of sp³-hybridized carbons (Fsp3) is 0.700. The molecule has 0 unspecified atom stereocenters. The molecule has 1 aromatic carbocycles. The Morgan fingerprint density at radius 2 is 1.29 bits per heavy atom. The van der Waals surface area contributed by atoms with Crippen LogP contribution in [0.2, 0.25) is 0 Å². The summed E-state index contributed by atoms with van der Waals surface area (Å²) in [7, 11) is -3.41. The van der Waals surface area contributed by atoms with Crippen LogP contribution in [0.3, 0.4) is 0 Å². The average molecular weight is 352 g/mol. The minimum Gasteiger partial charge on any atom is -0.208 e. The molecule has 0 heterocycles. The highest BCUT2D eigenvalue weighted by Gasteiger charge is 2.20. The Labute approximate surface area is 148 Å². The van der Waals surface area contributed by atoms with Gasteiger partial charge in [-0.15, -0.1) is 0 Å². The zero-order valence-electron chi connectivity index (χ0n) is 15.3. The Morgan fingerprint density at radius 1 is 0.792 bits per heavy atom. The maximum Gasteiger partial charge on any atom is 0.240 e. The Kier molecular flexibility index (Phi) is 7.76. The molecule has 24 heavy (non-hydrogen) atoms. The first kappa shape index (κ1) is 19.5. The molecule has 0 saturated heterocycles. The molecule has 136 valence electrons. The molecule has 0 aliphatic heterocycles. The summed E-state index contributed by atoms with van der Waals surface area (Å²) in [6.07, 6.45) is 13.2. The van der Waals surface area contributed by atoms with Crippen LogP contribution >= 0.6 is 0 Å². The summed E-state index contributed by atoms with van der Waals surface area (Å²) in [5.74, 6) is 0. The summed E-state index contributed by atoms with van der Waals surface area (Å²) < 4.78 is 28.4. The molecule has 1 aromatic rings. The zero-order valence-corrected chi connectivity index (χ0v) is 16.1. The van der Waals surface area contributed by atoms with Crippen LogP contribution in [-0.2, 0) is 10.0 Å². The quantitative estimate of drug-likeness (QED) is 0.808. The van der Waals surface area contributed by atoms with Gasteiger partial charge in [-0.2, -0.15) is 0 Å². The van der Waals surface area contributed by atoms with Crippen molar-refractivity contribution < 1.29 is 8.42 Å². The number of benzene rings is 1. The van der Waals surface area contributed by atoms with Gasteiger partial charge in [0.15, 0.2) is 0 Å². The third-order valence-corrected chi connectivity index (χ3v) is 6.73. The SMILES string of the molecule is Cc1ccc(S(=O)(=O)NC2CCCCCCCCCCC2)cc1C. The summed E-state index contributed by atoms with van der Waals surface area (Å²) >= 11 is 0. The van der Waals surface area contributed by atoms with Crippen LogP contribution in [0.5, 0.6) is 0 Å². The molecule has 2 rings (SSSR count). The molecule has 0 spiro atoms. The van der Waals surface area contributed by atoms with E-state index in [0.717, 1.165) is 36.8 Å². The Morgan fingerprint density at radius 3 is 1.79 bits per heavy atom. The first-order valence-corrected chi connectivity index (χ1v) is 11.1. The van der Waals surface area contributed by atoms with Crippen molar-refractivity contribution in [3.05, 3.63) is 29.3 Å². The highest BCUT2D eigenvalue weighted by molar-refractivity contribution is 7.89. The van der Waals surface area contributed by atoms with Gasteiger partial charge < -0.3 is 0 Å². The topological polar surface area (TPSA) is 46.2 Å². The number of hydrogen-bond donors (Lipinski definition) is 1. The van der Waals surface area contributed by atoms with E-state index in [2.05, 4.69) is 4.72 Å². The zero-order chi connectivity index (χ0) is 17.4. The first-order chi connectivity index (χ1) is 11.5. The Bertz CT molecular complexity index is 598. The summed E-state index contributed by atoms with van der Waals surface area (Å²) in [5.41, 5.74) is 2.15. The molecule has 0 radical (unpaired) electrons. The molecule has 1 fully saturated rings. The lowest BCUT2D eigenvalue weighted by Gasteiger charge is -2.20. The van der Waals surface area contributed by atoms with Crippen molar-refractivity contribution in [2.45, 2.75) is 95.4 Å². The second kappa shape index (κ2) is 9.57. The molecule has 0 atom stereocenters. The van der Waals surface area contributed by atoms with Gasteiger partial charge in [0, 0.05) is 6.04 Å². The van der Waals surface area contributed by atoms with E-state index in [-0.39, 0.29) is 6.04 Å². The van der Waals surface area contributed by atoms with E-state index in [1.54, 1.807) is 12.1 Å². The fourth-order valence-corrected chi connectivity index (χ4v) is 4.84. The molecule has 3 nitrogen and oxygen atoms in total. The lowest BCUT2D eigenvalue weighted by molar-refractivity contribution is 0.440. The van der Waals surface area contributed by atoms with Crippen LogP contribution in [-0.4, -0.2) is 14.5 Å². The van der Waals surface area contributed by atoms with E-state index >= 15 is 0 Å². The standard InChI is InChI=1S/C20H33NO2S/c1-17-14-15-20(16-18(17)2)24(22,23)21-19-12-10-8-6-4-3-5-7-9-11-13-19/h14-16,19,21H,3-13H2,1-2H3. The minimum atomic E-state index is -3.41. The molecule has 1 aliphatic carbocycles. The number of nitrogens with one attached hydrogen (secondary N) is 1. The van der Waals surface area contributed by atoms with Crippen molar-refractivity contribution in [1.29, 1.82) is 0 Å². The molecule has 0 amide bonds. The number of rotatable bonds is 3. The van der Waals surface area contributed by atoms with Gasteiger partial charge in [0.1, 0.15) is 0 Å². The molecule has 1 aliphatic rings. The van der Waals surface area contributed by atoms with E-state index < -0.39 is 10.0 Å². The van der Waals surface area contributed by atoms with E-state index in [4.69, 9.17) is 0 Å². The normalized spacial score (nSPS) is 19.4. The van der Waals surface area contributed by atoms with Crippen LogP contribution in [0, 0.1) is 13.8 Å². The number of aryl methyl sites for hydroxylation is 2. The lowest BCUT2D eigenvalue weighted by atomic mass is 9.98. The van der Waals surface area contributed by atoms with E-state index in [1.165, 1.54) is 44.9 Å². The van der Waals surface area contributed by atoms with Crippen molar-refractivity contribution in [1.82, 2.24) is 4.72 Å². The maximum absolute atomic E-state index is 12.7. The highest BCUT2D eigenvalue weighted by atomic mass is 32.2. The molecule has 0 bridgehead atoms. The lowest BCUT2D eigenvalue weighted by Crippen LogP contribution is -2.35. The van der Waals surface area contributed by atoms with Gasteiger partial charge in [-0.3, -0.25) is 0 Å². The van der Waals surface area contributed by atoms with Gasteiger partial charge in [-0.1, -0.05) is 63.9 Å². The monoisotopic (exact) mass is 351 g/mol. The largest absolute Gasteiger partial charge is 0.240 e. The summed E-state index contributed by atoms with van der Waals surface area (Å²) in [6.45, 7) is 3.97.